The highest BCUT2D eigenvalue weighted by Gasteiger charge is 2.22. The fraction of sp³-hybridized carbons (Fsp3) is 0.533. The maximum absolute atomic E-state index is 12.0. The van der Waals surface area contributed by atoms with Gasteiger partial charge in [-0.3, -0.25) is 0 Å². The van der Waals surface area contributed by atoms with E-state index in [-0.39, 0.29) is 6.03 Å². The minimum atomic E-state index is 0.0171. The molecule has 3 nitrogen and oxygen atoms in total. The van der Waals surface area contributed by atoms with Crippen molar-refractivity contribution in [2.45, 2.75) is 25.2 Å². The number of nitrogens with zero attached hydrogens (tertiary/aromatic N) is 1. The quantitative estimate of drug-likeness (QED) is 0.847. The average Bonchev–Trinajstić information content (AvgIpc) is 2.71. The molecule has 1 aliphatic rings. The van der Waals surface area contributed by atoms with E-state index in [1.165, 1.54) is 12.0 Å². The molecule has 0 aromatic heterocycles. The summed E-state index contributed by atoms with van der Waals surface area (Å²) < 4.78 is 0. The summed E-state index contributed by atoms with van der Waals surface area (Å²) in [7, 11) is 0. The smallest absolute Gasteiger partial charge is 0.317 e. The van der Waals surface area contributed by atoms with Crippen molar-refractivity contribution in [2.75, 3.05) is 25.5 Å². The van der Waals surface area contributed by atoms with Crippen molar-refractivity contribution >= 4 is 17.6 Å². The minimum absolute atomic E-state index is 0.0171. The number of rotatable bonds is 3. The molecular formula is C15H21ClN2O. The molecule has 1 heterocycles. The van der Waals surface area contributed by atoms with Crippen LogP contribution >= 0.6 is 11.6 Å². The molecule has 19 heavy (non-hydrogen) atoms. The molecule has 104 valence electrons. The lowest BCUT2D eigenvalue weighted by Crippen LogP contribution is -2.42. The Morgan fingerprint density at radius 3 is 2.84 bits per heavy atom. The monoisotopic (exact) mass is 280 g/mol. The Bertz CT molecular complexity index is 396. The van der Waals surface area contributed by atoms with Gasteiger partial charge in [0, 0.05) is 31.4 Å². The van der Waals surface area contributed by atoms with Gasteiger partial charge in [-0.05, 0) is 18.4 Å². The summed E-state index contributed by atoms with van der Waals surface area (Å²) in [5, 5.41) is 2.86. The van der Waals surface area contributed by atoms with Gasteiger partial charge in [-0.15, -0.1) is 11.6 Å². The highest BCUT2D eigenvalue weighted by Crippen LogP contribution is 2.26. The first-order chi connectivity index (χ1) is 9.31. The molecule has 1 unspecified atom stereocenters. The van der Waals surface area contributed by atoms with E-state index in [1.54, 1.807) is 0 Å². The third kappa shape index (κ3) is 4.13. The molecule has 2 amide bonds. The number of carbonyl (C=O) groups is 1. The number of carbonyl (C=O) groups excluding carboxylic acids is 1. The maximum atomic E-state index is 12.0. The van der Waals surface area contributed by atoms with E-state index in [0.29, 0.717) is 18.3 Å². The first kappa shape index (κ1) is 14.2. The second kappa shape index (κ2) is 7.39. The number of likely N-dealkylation sites (tertiary alicyclic amines) is 1. The lowest BCUT2D eigenvalue weighted by molar-refractivity contribution is 0.198. The lowest BCUT2D eigenvalue weighted by Gasteiger charge is -2.25. The van der Waals surface area contributed by atoms with Crippen LogP contribution in [0.1, 0.15) is 30.7 Å². The van der Waals surface area contributed by atoms with Crippen molar-refractivity contribution in [1.82, 2.24) is 10.2 Å². The number of urea groups is 1. The number of benzene rings is 1. The second-order valence-electron chi connectivity index (χ2n) is 4.97. The Kier molecular flexibility index (Phi) is 5.52. The largest absolute Gasteiger partial charge is 0.337 e. The molecule has 0 saturated carbocycles. The molecule has 1 aromatic carbocycles. The Labute approximate surface area is 119 Å². The number of hydrogen-bond acceptors (Lipinski definition) is 1. The van der Waals surface area contributed by atoms with Crippen molar-refractivity contribution in [2.24, 2.45) is 0 Å². The predicted molar refractivity (Wildman–Crippen MR) is 78.7 cm³/mol. The van der Waals surface area contributed by atoms with Crippen molar-refractivity contribution in [3.05, 3.63) is 35.9 Å². The van der Waals surface area contributed by atoms with Gasteiger partial charge in [-0.2, -0.15) is 0 Å². The van der Waals surface area contributed by atoms with Crippen molar-refractivity contribution in [1.29, 1.82) is 0 Å². The molecule has 0 bridgehead atoms. The molecule has 4 heteroatoms. The van der Waals surface area contributed by atoms with E-state index >= 15 is 0 Å². The number of alkyl halides is 1. The minimum Gasteiger partial charge on any atom is -0.337 e. The van der Waals surface area contributed by atoms with E-state index < -0.39 is 0 Å². The first-order valence-electron chi connectivity index (χ1n) is 6.95. The maximum Gasteiger partial charge on any atom is 0.317 e. The first-order valence-corrected chi connectivity index (χ1v) is 7.48. The van der Waals surface area contributed by atoms with E-state index in [1.807, 2.05) is 11.0 Å². The molecule has 0 aliphatic carbocycles. The van der Waals surface area contributed by atoms with Crippen LogP contribution in [-0.2, 0) is 0 Å². The van der Waals surface area contributed by atoms with Crippen molar-refractivity contribution < 1.29 is 4.79 Å². The van der Waals surface area contributed by atoms with Crippen LogP contribution < -0.4 is 5.32 Å². The lowest BCUT2D eigenvalue weighted by atomic mass is 9.94. The van der Waals surface area contributed by atoms with E-state index in [4.69, 9.17) is 11.6 Å². The highest BCUT2D eigenvalue weighted by molar-refractivity contribution is 6.18. The molecule has 2 rings (SSSR count). The standard InChI is InChI=1S/C15H21ClN2O/c16-9-10-17-15(19)18-11-5-4-8-14(12-18)13-6-2-1-3-7-13/h1-3,6-7,14H,4-5,8-12H2,(H,17,19). The van der Waals surface area contributed by atoms with Crippen molar-refractivity contribution in [3.63, 3.8) is 0 Å². The molecule has 0 spiro atoms. The summed E-state index contributed by atoms with van der Waals surface area (Å²) in [6.45, 7) is 2.18. The average molecular weight is 281 g/mol. The Balaban J connectivity index is 2.00. The third-order valence-corrected chi connectivity index (χ3v) is 3.79. The highest BCUT2D eigenvalue weighted by atomic mass is 35.5. The van der Waals surface area contributed by atoms with Crippen LogP contribution in [0.4, 0.5) is 4.79 Å². The Hall–Kier alpha value is -1.22. The predicted octanol–water partition coefficient (Wildman–Crippen LogP) is 3.20. The molecule has 0 radical (unpaired) electrons. The van der Waals surface area contributed by atoms with Gasteiger partial charge in [-0.25, -0.2) is 4.79 Å². The van der Waals surface area contributed by atoms with Crippen LogP contribution in [0, 0.1) is 0 Å². The summed E-state index contributed by atoms with van der Waals surface area (Å²) in [5.41, 5.74) is 1.33. The van der Waals surface area contributed by atoms with Gasteiger partial charge in [0.25, 0.3) is 0 Å². The Morgan fingerprint density at radius 2 is 2.11 bits per heavy atom. The van der Waals surface area contributed by atoms with Gasteiger partial charge in [0.05, 0.1) is 0 Å². The number of amides is 2. The number of nitrogens with one attached hydrogen (secondary N) is 1. The molecular weight excluding hydrogens is 260 g/mol. The summed E-state index contributed by atoms with van der Waals surface area (Å²) >= 11 is 5.61. The number of halogens is 1. The van der Waals surface area contributed by atoms with E-state index in [2.05, 4.69) is 29.6 Å². The van der Waals surface area contributed by atoms with Crippen LogP contribution in [0.5, 0.6) is 0 Å². The zero-order valence-corrected chi connectivity index (χ0v) is 11.9. The van der Waals surface area contributed by atoms with Gasteiger partial charge < -0.3 is 10.2 Å². The third-order valence-electron chi connectivity index (χ3n) is 3.60. The molecule has 1 aliphatic heterocycles. The van der Waals surface area contributed by atoms with Crippen LogP contribution in [0.25, 0.3) is 0 Å². The van der Waals surface area contributed by atoms with E-state index in [0.717, 1.165) is 25.9 Å². The second-order valence-corrected chi connectivity index (χ2v) is 5.35. The fourth-order valence-corrected chi connectivity index (χ4v) is 2.68. The van der Waals surface area contributed by atoms with Gasteiger partial charge >= 0.3 is 6.03 Å². The Morgan fingerprint density at radius 1 is 1.32 bits per heavy atom. The normalized spacial score (nSPS) is 19.8. The SMILES string of the molecule is O=C(NCCCl)N1CCCCC(c2ccccc2)C1. The van der Waals surface area contributed by atoms with Crippen LogP contribution in [-0.4, -0.2) is 36.4 Å². The summed E-state index contributed by atoms with van der Waals surface area (Å²) in [6.07, 6.45) is 3.42. The zero-order chi connectivity index (χ0) is 13.5. The van der Waals surface area contributed by atoms with Gasteiger partial charge in [-0.1, -0.05) is 36.8 Å². The molecule has 1 saturated heterocycles. The fourth-order valence-electron chi connectivity index (χ4n) is 2.59. The van der Waals surface area contributed by atoms with E-state index in [9.17, 15) is 4.79 Å². The molecule has 1 atom stereocenters. The van der Waals surface area contributed by atoms with Crippen LogP contribution in [0.15, 0.2) is 30.3 Å². The summed E-state index contributed by atoms with van der Waals surface area (Å²) in [4.78, 5) is 14.0. The van der Waals surface area contributed by atoms with Gasteiger partial charge in [0.2, 0.25) is 0 Å². The number of hydrogen-bond donors (Lipinski definition) is 1. The molecule has 1 N–H and O–H groups in total. The van der Waals surface area contributed by atoms with Crippen molar-refractivity contribution in [3.8, 4) is 0 Å². The summed E-state index contributed by atoms with van der Waals surface area (Å²) in [6, 6.07) is 10.5. The zero-order valence-electron chi connectivity index (χ0n) is 11.1. The topological polar surface area (TPSA) is 32.3 Å². The van der Waals surface area contributed by atoms with Crippen LogP contribution in [0.2, 0.25) is 0 Å². The molecule has 1 aromatic rings. The van der Waals surface area contributed by atoms with Gasteiger partial charge in [0.15, 0.2) is 0 Å². The van der Waals surface area contributed by atoms with Gasteiger partial charge in [0.1, 0.15) is 0 Å². The molecule has 1 fully saturated rings. The van der Waals surface area contributed by atoms with Crippen LogP contribution in [0.3, 0.4) is 0 Å². The summed E-state index contributed by atoms with van der Waals surface area (Å²) in [5.74, 6) is 0.910.